The highest BCUT2D eigenvalue weighted by atomic mass is 32.2. The van der Waals surface area contributed by atoms with Gasteiger partial charge < -0.3 is 15.5 Å². The Hall–Kier alpha value is -0.890. The minimum absolute atomic E-state index is 0.00134. The summed E-state index contributed by atoms with van der Waals surface area (Å²) < 4.78 is 31.6. The van der Waals surface area contributed by atoms with Crippen LogP contribution in [0.2, 0.25) is 0 Å². The molecule has 1 aliphatic heterocycles. The third kappa shape index (κ3) is 3.36. The fraction of sp³-hybridized carbons (Fsp3) is 0.667. The molecule has 19 heavy (non-hydrogen) atoms. The van der Waals surface area contributed by atoms with Crippen LogP contribution < -0.4 is 5.73 Å². The molecule has 1 atom stereocenters. The van der Waals surface area contributed by atoms with Crippen molar-refractivity contribution in [1.29, 1.82) is 0 Å². The highest BCUT2D eigenvalue weighted by Gasteiger charge is 2.26. The molecule has 0 aromatic carbocycles. The van der Waals surface area contributed by atoms with Crippen LogP contribution in [0.15, 0.2) is 17.2 Å². The first kappa shape index (κ1) is 14.5. The van der Waals surface area contributed by atoms with Gasteiger partial charge in [-0.1, -0.05) is 0 Å². The van der Waals surface area contributed by atoms with Crippen LogP contribution in [0.25, 0.3) is 0 Å². The van der Waals surface area contributed by atoms with Gasteiger partial charge in [0.05, 0.1) is 11.0 Å². The van der Waals surface area contributed by atoms with Gasteiger partial charge in [-0.25, -0.2) is 8.42 Å². The molecular formula is C12H21N3O3S. The third-order valence-corrected chi connectivity index (χ3v) is 5.18. The maximum absolute atomic E-state index is 12.3. The van der Waals surface area contributed by atoms with Crippen molar-refractivity contribution < 1.29 is 13.2 Å². The Labute approximate surface area is 114 Å². The topological polar surface area (TPSA) is 88.4 Å². The van der Waals surface area contributed by atoms with Crippen molar-refractivity contribution in [3.63, 3.8) is 0 Å². The first-order chi connectivity index (χ1) is 9.04. The lowest BCUT2D eigenvalue weighted by Gasteiger charge is -2.26. The molecule has 2 heterocycles. The highest BCUT2D eigenvalue weighted by molar-refractivity contribution is 7.89. The molecular weight excluding hydrogens is 266 g/mol. The first-order valence-electron chi connectivity index (χ1n) is 6.49. The number of nitrogens with zero attached hydrogens (tertiary/aromatic N) is 1. The van der Waals surface area contributed by atoms with Crippen LogP contribution in [0.1, 0.15) is 25.0 Å². The second-order valence-corrected chi connectivity index (χ2v) is 6.88. The Balaban J connectivity index is 2.05. The molecule has 1 aromatic heterocycles. The highest BCUT2D eigenvalue weighted by Crippen LogP contribution is 2.19. The zero-order valence-corrected chi connectivity index (χ0v) is 11.9. The van der Waals surface area contributed by atoms with Crippen LogP contribution in [0.4, 0.5) is 0 Å². The van der Waals surface area contributed by atoms with E-state index in [1.807, 2.05) is 0 Å². The number of nitrogens with one attached hydrogen (secondary N) is 1. The standard InChI is InChI=1S/C12H21N3O3S/c1-15(9-11-4-2-3-5-18-11)19(16,17)12-6-10(7-13)14-8-12/h6,8,11,14H,2-5,7,9,13H2,1H3. The molecule has 1 aromatic rings. The van der Waals surface area contributed by atoms with Crippen LogP contribution in [-0.4, -0.2) is 44.0 Å². The summed E-state index contributed by atoms with van der Waals surface area (Å²) in [6, 6.07) is 1.58. The molecule has 3 N–H and O–H groups in total. The number of aromatic nitrogens is 1. The molecule has 1 fully saturated rings. The number of hydrogen-bond donors (Lipinski definition) is 2. The lowest BCUT2D eigenvalue weighted by Crippen LogP contribution is -2.37. The van der Waals surface area contributed by atoms with Gasteiger partial charge in [-0.2, -0.15) is 4.31 Å². The molecule has 2 rings (SSSR count). The lowest BCUT2D eigenvalue weighted by atomic mass is 10.1. The molecule has 0 radical (unpaired) electrons. The smallest absolute Gasteiger partial charge is 0.244 e. The monoisotopic (exact) mass is 287 g/mol. The molecule has 0 amide bonds. The number of aromatic amines is 1. The van der Waals surface area contributed by atoms with Gasteiger partial charge >= 0.3 is 0 Å². The average molecular weight is 287 g/mol. The maximum Gasteiger partial charge on any atom is 0.244 e. The number of rotatable bonds is 5. The predicted molar refractivity (Wildman–Crippen MR) is 72.1 cm³/mol. The van der Waals surface area contributed by atoms with E-state index in [4.69, 9.17) is 10.5 Å². The fourth-order valence-electron chi connectivity index (χ4n) is 2.20. The SMILES string of the molecule is CN(CC1CCCCO1)S(=O)(=O)c1c[nH]c(CN)c1. The Morgan fingerprint density at radius 3 is 2.89 bits per heavy atom. The van der Waals surface area contributed by atoms with Crippen LogP contribution in [-0.2, 0) is 21.3 Å². The predicted octanol–water partition coefficient (Wildman–Crippen LogP) is 0.663. The summed E-state index contributed by atoms with van der Waals surface area (Å²) in [4.78, 5) is 3.11. The largest absolute Gasteiger partial charge is 0.377 e. The zero-order chi connectivity index (χ0) is 13.9. The Kier molecular flexibility index (Phi) is 4.62. The van der Waals surface area contributed by atoms with E-state index in [2.05, 4.69) is 4.98 Å². The second-order valence-electron chi connectivity index (χ2n) is 4.84. The van der Waals surface area contributed by atoms with E-state index in [0.717, 1.165) is 25.9 Å². The van der Waals surface area contributed by atoms with E-state index in [9.17, 15) is 8.42 Å². The Morgan fingerprint density at radius 1 is 1.53 bits per heavy atom. The Bertz CT molecular complexity index is 506. The van der Waals surface area contributed by atoms with E-state index in [1.165, 1.54) is 10.5 Å². The van der Waals surface area contributed by atoms with E-state index >= 15 is 0 Å². The quantitative estimate of drug-likeness (QED) is 0.833. The number of ether oxygens (including phenoxy) is 1. The number of nitrogens with two attached hydrogens (primary N) is 1. The third-order valence-electron chi connectivity index (χ3n) is 3.38. The van der Waals surface area contributed by atoms with Gasteiger partial charge in [0.2, 0.25) is 10.0 Å². The number of likely N-dealkylation sites (N-methyl/N-ethyl adjacent to an activating group) is 1. The van der Waals surface area contributed by atoms with Gasteiger partial charge in [-0.05, 0) is 25.3 Å². The van der Waals surface area contributed by atoms with Crippen molar-refractivity contribution in [1.82, 2.24) is 9.29 Å². The van der Waals surface area contributed by atoms with Crippen molar-refractivity contribution in [2.24, 2.45) is 5.73 Å². The van der Waals surface area contributed by atoms with Crippen molar-refractivity contribution >= 4 is 10.0 Å². The van der Waals surface area contributed by atoms with Crippen molar-refractivity contribution in [2.45, 2.75) is 36.8 Å². The Morgan fingerprint density at radius 2 is 2.32 bits per heavy atom. The summed E-state index contributed by atoms with van der Waals surface area (Å²) >= 11 is 0. The number of sulfonamides is 1. The molecule has 7 heteroatoms. The van der Waals surface area contributed by atoms with Gasteiger partial charge in [0.25, 0.3) is 0 Å². The molecule has 0 aliphatic carbocycles. The number of H-pyrrole nitrogens is 1. The summed E-state index contributed by atoms with van der Waals surface area (Å²) in [5.41, 5.74) is 6.18. The van der Waals surface area contributed by atoms with E-state index in [-0.39, 0.29) is 11.0 Å². The summed E-state index contributed by atoms with van der Waals surface area (Å²) in [5.74, 6) is 0. The van der Waals surface area contributed by atoms with E-state index in [1.54, 1.807) is 13.1 Å². The normalized spacial score (nSPS) is 20.9. The molecule has 6 nitrogen and oxygen atoms in total. The summed E-state index contributed by atoms with van der Waals surface area (Å²) in [6.07, 6.45) is 4.56. The van der Waals surface area contributed by atoms with Gasteiger partial charge in [0.1, 0.15) is 0 Å². The van der Waals surface area contributed by atoms with E-state index < -0.39 is 10.0 Å². The fourth-order valence-corrected chi connectivity index (χ4v) is 3.42. The van der Waals surface area contributed by atoms with Gasteiger partial charge in [0.15, 0.2) is 0 Å². The first-order valence-corrected chi connectivity index (χ1v) is 7.93. The minimum Gasteiger partial charge on any atom is -0.377 e. The van der Waals surface area contributed by atoms with Crippen molar-refractivity contribution in [2.75, 3.05) is 20.2 Å². The second kappa shape index (κ2) is 6.04. The van der Waals surface area contributed by atoms with Gasteiger partial charge in [-0.15, -0.1) is 0 Å². The molecule has 1 unspecified atom stereocenters. The maximum atomic E-state index is 12.3. The minimum atomic E-state index is -3.46. The van der Waals surface area contributed by atoms with Crippen LogP contribution >= 0.6 is 0 Å². The molecule has 0 saturated carbocycles. The zero-order valence-electron chi connectivity index (χ0n) is 11.1. The molecule has 0 bridgehead atoms. The van der Waals surface area contributed by atoms with E-state index in [0.29, 0.717) is 18.8 Å². The summed E-state index contributed by atoms with van der Waals surface area (Å²) in [5, 5.41) is 0. The van der Waals surface area contributed by atoms with Crippen LogP contribution in [0.3, 0.4) is 0 Å². The number of hydrogen-bond acceptors (Lipinski definition) is 4. The summed E-state index contributed by atoms with van der Waals surface area (Å²) in [7, 11) is -1.88. The van der Waals surface area contributed by atoms with Gasteiger partial charge in [0, 0.05) is 38.6 Å². The molecule has 1 aliphatic rings. The molecule has 108 valence electrons. The molecule has 1 saturated heterocycles. The average Bonchev–Trinajstić information content (AvgIpc) is 2.89. The van der Waals surface area contributed by atoms with Crippen LogP contribution in [0.5, 0.6) is 0 Å². The summed E-state index contributed by atoms with van der Waals surface area (Å²) in [6.45, 7) is 1.41. The van der Waals surface area contributed by atoms with Crippen molar-refractivity contribution in [3.8, 4) is 0 Å². The van der Waals surface area contributed by atoms with Gasteiger partial charge in [-0.3, -0.25) is 0 Å². The lowest BCUT2D eigenvalue weighted by molar-refractivity contribution is 0.00859. The molecule has 0 spiro atoms. The van der Waals surface area contributed by atoms with Crippen LogP contribution in [0, 0.1) is 0 Å². The van der Waals surface area contributed by atoms with Crippen molar-refractivity contribution in [3.05, 3.63) is 18.0 Å².